The quantitative estimate of drug-likeness (QED) is 0.434. The standard InChI is InChI=1S/C12H15ClN2O4/c13-9-5-4-6-10(12(9)15(18)19)14-8-3-1-2-7-11(16)17/h4-6,14H,1-3,7-8H2,(H,16,17). The molecule has 0 radical (unpaired) electrons. The molecule has 0 heterocycles. The average Bonchev–Trinajstić information content (AvgIpc) is 2.32. The lowest BCUT2D eigenvalue weighted by molar-refractivity contribution is -0.383. The molecular weight excluding hydrogens is 272 g/mol. The molecule has 6 nitrogen and oxygen atoms in total. The van der Waals surface area contributed by atoms with E-state index in [9.17, 15) is 14.9 Å². The molecule has 0 saturated carbocycles. The molecule has 104 valence electrons. The molecule has 0 aromatic heterocycles. The first-order valence-corrected chi connectivity index (χ1v) is 6.28. The average molecular weight is 287 g/mol. The maximum absolute atomic E-state index is 10.9. The number of rotatable bonds is 8. The Hall–Kier alpha value is -1.82. The Bertz CT molecular complexity index is 465. The SMILES string of the molecule is O=C(O)CCCCCNc1cccc(Cl)c1[N+](=O)[O-]. The summed E-state index contributed by atoms with van der Waals surface area (Å²) in [5.41, 5.74) is 0.255. The molecule has 0 amide bonds. The van der Waals surface area contributed by atoms with Crippen molar-refractivity contribution in [1.82, 2.24) is 0 Å². The zero-order chi connectivity index (χ0) is 14.3. The fraction of sp³-hybridized carbons (Fsp3) is 0.417. The molecule has 0 fully saturated rings. The van der Waals surface area contributed by atoms with Crippen molar-refractivity contribution >= 4 is 28.9 Å². The van der Waals surface area contributed by atoms with Crippen molar-refractivity contribution in [2.75, 3.05) is 11.9 Å². The molecule has 0 bridgehead atoms. The van der Waals surface area contributed by atoms with Crippen LogP contribution in [0.15, 0.2) is 18.2 Å². The fourth-order valence-electron chi connectivity index (χ4n) is 1.64. The van der Waals surface area contributed by atoms with E-state index < -0.39 is 10.9 Å². The summed E-state index contributed by atoms with van der Waals surface area (Å²) >= 11 is 5.77. The lowest BCUT2D eigenvalue weighted by Crippen LogP contribution is -2.05. The molecule has 2 N–H and O–H groups in total. The molecule has 7 heteroatoms. The van der Waals surface area contributed by atoms with Crippen molar-refractivity contribution in [3.05, 3.63) is 33.3 Å². The van der Waals surface area contributed by atoms with Crippen LogP contribution in [0.4, 0.5) is 11.4 Å². The summed E-state index contributed by atoms with van der Waals surface area (Å²) in [5, 5.41) is 22.4. The highest BCUT2D eigenvalue weighted by atomic mass is 35.5. The van der Waals surface area contributed by atoms with Crippen LogP contribution in [0.1, 0.15) is 25.7 Å². The van der Waals surface area contributed by atoms with Gasteiger partial charge in [-0.25, -0.2) is 0 Å². The minimum atomic E-state index is -0.807. The van der Waals surface area contributed by atoms with E-state index in [2.05, 4.69) is 5.32 Å². The molecule has 0 aliphatic carbocycles. The second kappa shape index (κ2) is 7.58. The first-order chi connectivity index (χ1) is 9.02. The van der Waals surface area contributed by atoms with Crippen molar-refractivity contribution in [1.29, 1.82) is 0 Å². The van der Waals surface area contributed by atoms with Crippen LogP contribution in [0.2, 0.25) is 5.02 Å². The molecular formula is C12H15ClN2O4. The number of anilines is 1. The highest BCUT2D eigenvalue weighted by molar-refractivity contribution is 6.33. The Morgan fingerprint density at radius 2 is 2.11 bits per heavy atom. The molecule has 19 heavy (non-hydrogen) atoms. The third kappa shape index (κ3) is 5.13. The van der Waals surface area contributed by atoms with Gasteiger partial charge < -0.3 is 10.4 Å². The van der Waals surface area contributed by atoms with Crippen LogP contribution in [-0.2, 0) is 4.79 Å². The molecule has 0 aliphatic heterocycles. The van der Waals surface area contributed by atoms with E-state index in [-0.39, 0.29) is 17.1 Å². The summed E-state index contributed by atoms with van der Waals surface area (Å²) in [6.45, 7) is 0.542. The van der Waals surface area contributed by atoms with E-state index >= 15 is 0 Å². The molecule has 0 aliphatic rings. The number of nitrogens with zero attached hydrogens (tertiary/aromatic N) is 1. The summed E-state index contributed by atoms with van der Waals surface area (Å²) in [6.07, 6.45) is 2.26. The van der Waals surface area contributed by atoms with Gasteiger partial charge in [-0.3, -0.25) is 14.9 Å². The number of carboxylic acids is 1. The van der Waals surface area contributed by atoms with Crippen LogP contribution in [0.25, 0.3) is 0 Å². The number of benzene rings is 1. The first-order valence-electron chi connectivity index (χ1n) is 5.91. The van der Waals surface area contributed by atoms with Crippen LogP contribution in [0.5, 0.6) is 0 Å². The molecule has 0 atom stereocenters. The highest BCUT2D eigenvalue weighted by Crippen LogP contribution is 2.32. The van der Waals surface area contributed by atoms with Gasteiger partial charge in [0, 0.05) is 13.0 Å². The number of carboxylic acid groups (broad SMARTS) is 1. The van der Waals surface area contributed by atoms with E-state index in [0.717, 1.165) is 12.8 Å². The molecule has 1 rings (SSSR count). The summed E-state index contributed by atoms with van der Waals surface area (Å²) < 4.78 is 0. The largest absolute Gasteiger partial charge is 0.481 e. The number of aliphatic carboxylic acids is 1. The number of carbonyl (C=O) groups is 1. The van der Waals surface area contributed by atoms with E-state index in [0.29, 0.717) is 18.7 Å². The van der Waals surface area contributed by atoms with E-state index in [1.54, 1.807) is 12.1 Å². The van der Waals surface area contributed by atoms with Crippen LogP contribution in [-0.4, -0.2) is 22.5 Å². The highest BCUT2D eigenvalue weighted by Gasteiger charge is 2.17. The number of hydrogen-bond donors (Lipinski definition) is 2. The number of hydrogen-bond acceptors (Lipinski definition) is 4. The number of nitro groups is 1. The topological polar surface area (TPSA) is 92.5 Å². The Kier molecular flexibility index (Phi) is 6.08. The molecule has 0 spiro atoms. The molecule has 1 aromatic rings. The van der Waals surface area contributed by atoms with Gasteiger partial charge in [-0.15, -0.1) is 0 Å². The van der Waals surface area contributed by atoms with Crippen molar-refractivity contribution < 1.29 is 14.8 Å². The third-order valence-electron chi connectivity index (χ3n) is 2.55. The van der Waals surface area contributed by atoms with Gasteiger partial charge >= 0.3 is 11.7 Å². The van der Waals surface area contributed by atoms with Crippen molar-refractivity contribution in [3.63, 3.8) is 0 Å². The van der Waals surface area contributed by atoms with Gasteiger partial charge in [-0.1, -0.05) is 24.1 Å². The zero-order valence-corrected chi connectivity index (χ0v) is 11.0. The van der Waals surface area contributed by atoms with Crippen molar-refractivity contribution in [2.24, 2.45) is 0 Å². The van der Waals surface area contributed by atoms with Gasteiger partial charge in [0.2, 0.25) is 0 Å². The van der Waals surface area contributed by atoms with E-state index in [1.807, 2.05) is 0 Å². The Balaban J connectivity index is 2.43. The second-order valence-corrected chi connectivity index (χ2v) is 4.43. The number of unbranched alkanes of at least 4 members (excludes halogenated alkanes) is 2. The smallest absolute Gasteiger partial charge is 0.310 e. The van der Waals surface area contributed by atoms with E-state index in [4.69, 9.17) is 16.7 Å². The maximum Gasteiger partial charge on any atom is 0.310 e. The van der Waals surface area contributed by atoms with Gasteiger partial charge in [-0.2, -0.15) is 0 Å². The molecule has 0 saturated heterocycles. The predicted molar refractivity (Wildman–Crippen MR) is 72.7 cm³/mol. The zero-order valence-electron chi connectivity index (χ0n) is 10.3. The number of nitro benzene ring substituents is 1. The minimum absolute atomic E-state index is 0.0980. The van der Waals surface area contributed by atoms with Crippen LogP contribution < -0.4 is 5.32 Å². The molecule has 0 unspecified atom stereocenters. The Morgan fingerprint density at radius 1 is 1.37 bits per heavy atom. The monoisotopic (exact) mass is 286 g/mol. The molecule has 1 aromatic carbocycles. The summed E-state index contributed by atoms with van der Waals surface area (Å²) in [5.74, 6) is -0.807. The predicted octanol–water partition coefficient (Wildman–Crippen LogP) is 3.31. The number of nitrogens with one attached hydrogen (secondary N) is 1. The van der Waals surface area contributed by atoms with Crippen molar-refractivity contribution in [3.8, 4) is 0 Å². The fourth-order valence-corrected chi connectivity index (χ4v) is 1.89. The van der Waals surface area contributed by atoms with Gasteiger partial charge in [0.25, 0.3) is 0 Å². The van der Waals surface area contributed by atoms with Crippen molar-refractivity contribution in [2.45, 2.75) is 25.7 Å². The lowest BCUT2D eigenvalue weighted by atomic mass is 10.2. The van der Waals surface area contributed by atoms with Crippen LogP contribution in [0.3, 0.4) is 0 Å². The Morgan fingerprint density at radius 3 is 2.74 bits per heavy atom. The van der Waals surface area contributed by atoms with Crippen LogP contribution >= 0.6 is 11.6 Å². The minimum Gasteiger partial charge on any atom is -0.481 e. The Labute approximate surface area is 115 Å². The third-order valence-corrected chi connectivity index (χ3v) is 2.86. The normalized spacial score (nSPS) is 10.2. The van der Waals surface area contributed by atoms with E-state index in [1.165, 1.54) is 6.07 Å². The lowest BCUT2D eigenvalue weighted by Gasteiger charge is -2.07. The summed E-state index contributed by atoms with van der Waals surface area (Å²) in [6, 6.07) is 4.71. The number of para-hydroxylation sites is 1. The maximum atomic E-state index is 10.9. The van der Waals surface area contributed by atoms with Gasteiger partial charge in [-0.05, 0) is 25.0 Å². The number of halogens is 1. The summed E-state index contributed by atoms with van der Waals surface area (Å²) in [4.78, 5) is 20.7. The first kappa shape index (κ1) is 15.2. The summed E-state index contributed by atoms with van der Waals surface area (Å²) in [7, 11) is 0. The second-order valence-electron chi connectivity index (χ2n) is 4.02. The van der Waals surface area contributed by atoms with Gasteiger partial charge in [0.15, 0.2) is 0 Å². The van der Waals surface area contributed by atoms with Gasteiger partial charge in [0.05, 0.1) is 4.92 Å². The van der Waals surface area contributed by atoms with Gasteiger partial charge in [0.1, 0.15) is 10.7 Å². The van der Waals surface area contributed by atoms with Crippen LogP contribution in [0, 0.1) is 10.1 Å².